The Morgan fingerprint density at radius 3 is 2.29 bits per heavy atom. The average molecular weight is 581 g/mol. The number of anilines is 1. The summed E-state index contributed by atoms with van der Waals surface area (Å²) in [6, 6.07) is 12.6. The minimum absolute atomic E-state index is 0.129. The van der Waals surface area contributed by atoms with Gasteiger partial charge in [-0.1, -0.05) is 18.0 Å². The van der Waals surface area contributed by atoms with Gasteiger partial charge < -0.3 is 4.74 Å². The van der Waals surface area contributed by atoms with Crippen LogP contribution < -0.4 is 4.90 Å². The SMILES string of the molecule is COC(=O)c1cc(F)c(N(C(C)=O)C2(n3c(-c4ccc(Cl)cc4)nc4cc(F)c(F)cc43)CCCCC2)c(C#N)c1. The highest BCUT2D eigenvalue weighted by Crippen LogP contribution is 2.47. The summed E-state index contributed by atoms with van der Waals surface area (Å²) in [5, 5.41) is 10.5. The number of carbonyl (C=O) groups excluding carboxylic acids is 2. The van der Waals surface area contributed by atoms with Crippen LogP contribution in [0.3, 0.4) is 0 Å². The molecule has 0 saturated heterocycles. The minimum atomic E-state index is -1.38. The number of methoxy groups -OCH3 is 1. The first-order valence-electron chi connectivity index (χ1n) is 12.9. The Balaban J connectivity index is 1.88. The van der Waals surface area contributed by atoms with Gasteiger partial charge in [0.15, 0.2) is 11.6 Å². The van der Waals surface area contributed by atoms with Gasteiger partial charge in [0, 0.05) is 29.6 Å². The van der Waals surface area contributed by atoms with Crippen LogP contribution >= 0.6 is 11.6 Å². The van der Waals surface area contributed by atoms with Crippen molar-refractivity contribution in [1.29, 1.82) is 5.26 Å². The maximum atomic E-state index is 16.0. The molecule has 4 aromatic rings. The summed E-state index contributed by atoms with van der Waals surface area (Å²) in [7, 11) is 1.13. The first-order valence-corrected chi connectivity index (χ1v) is 13.3. The summed E-state index contributed by atoms with van der Waals surface area (Å²) >= 11 is 6.12. The molecular weight excluding hydrogens is 557 g/mol. The molecule has 0 radical (unpaired) electrons. The van der Waals surface area contributed by atoms with Gasteiger partial charge in [-0.3, -0.25) is 14.3 Å². The number of nitriles is 1. The Bertz CT molecular complexity index is 1720. The molecule has 3 aromatic carbocycles. The summed E-state index contributed by atoms with van der Waals surface area (Å²) in [6.45, 7) is 1.24. The second-order valence-corrected chi connectivity index (χ2v) is 10.3. The summed E-state index contributed by atoms with van der Waals surface area (Å²) in [5.74, 6) is -4.37. The fourth-order valence-corrected chi connectivity index (χ4v) is 5.88. The summed E-state index contributed by atoms with van der Waals surface area (Å²) in [6.07, 6.45) is 2.61. The van der Waals surface area contributed by atoms with Crippen molar-refractivity contribution in [2.45, 2.75) is 44.7 Å². The van der Waals surface area contributed by atoms with Gasteiger partial charge in [-0.15, -0.1) is 0 Å². The van der Waals surface area contributed by atoms with Gasteiger partial charge in [0.25, 0.3) is 0 Å². The lowest BCUT2D eigenvalue weighted by atomic mass is 9.85. The van der Waals surface area contributed by atoms with Crippen LogP contribution in [0, 0.1) is 28.8 Å². The van der Waals surface area contributed by atoms with Gasteiger partial charge in [0.2, 0.25) is 5.91 Å². The predicted octanol–water partition coefficient (Wildman–Crippen LogP) is 7.10. The Labute approximate surface area is 238 Å². The fourth-order valence-electron chi connectivity index (χ4n) is 5.76. The Hall–Kier alpha value is -4.36. The molecule has 0 spiro atoms. The van der Waals surface area contributed by atoms with E-state index >= 15 is 4.39 Å². The number of carbonyl (C=O) groups is 2. The van der Waals surface area contributed by atoms with E-state index in [1.165, 1.54) is 11.8 Å². The third kappa shape index (κ3) is 4.80. The zero-order valence-corrected chi connectivity index (χ0v) is 22.9. The molecule has 1 aliphatic carbocycles. The third-order valence-corrected chi connectivity index (χ3v) is 7.68. The molecule has 5 rings (SSSR count). The molecule has 1 fully saturated rings. The van der Waals surface area contributed by atoms with Crippen molar-refractivity contribution >= 4 is 40.2 Å². The third-order valence-electron chi connectivity index (χ3n) is 7.43. The molecule has 7 nitrogen and oxygen atoms in total. The normalized spacial score (nSPS) is 14.5. The van der Waals surface area contributed by atoms with Crippen LogP contribution in [0.4, 0.5) is 18.9 Å². The standard InChI is InChI=1S/C30H24ClF3N4O3/c1-17(39)37(27-20(16-35)12-19(13-24(27)34)29(40)41-2)30(10-4-3-5-11-30)38-26-15-23(33)22(32)14-25(26)36-28(38)18-6-8-21(31)9-7-18/h6-9,12-15H,3-5,10-11H2,1-2H3. The second kappa shape index (κ2) is 10.9. The van der Waals surface area contributed by atoms with Gasteiger partial charge in [0.1, 0.15) is 23.4 Å². The first-order chi connectivity index (χ1) is 19.6. The smallest absolute Gasteiger partial charge is 0.337 e. The highest BCUT2D eigenvalue weighted by molar-refractivity contribution is 6.30. The molecule has 0 bridgehead atoms. The number of imidazole rings is 1. The number of halogens is 4. The van der Waals surface area contributed by atoms with Gasteiger partial charge in [-0.25, -0.2) is 22.9 Å². The summed E-state index contributed by atoms with van der Waals surface area (Å²) in [4.78, 5) is 31.6. The molecule has 1 aliphatic rings. The largest absolute Gasteiger partial charge is 0.465 e. The van der Waals surface area contributed by atoms with Crippen molar-refractivity contribution in [3.63, 3.8) is 0 Å². The van der Waals surface area contributed by atoms with Crippen LogP contribution in [0.1, 0.15) is 54.9 Å². The molecule has 210 valence electrons. The van der Waals surface area contributed by atoms with Crippen molar-refractivity contribution in [2.75, 3.05) is 12.0 Å². The molecule has 1 heterocycles. The number of esters is 1. The number of ether oxygens (including phenoxy) is 1. The second-order valence-electron chi connectivity index (χ2n) is 9.89. The molecule has 1 amide bonds. The van der Waals surface area contributed by atoms with Crippen molar-refractivity contribution in [1.82, 2.24) is 9.55 Å². The number of amides is 1. The van der Waals surface area contributed by atoms with Crippen LogP contribution in [0.5, 0.6) is 0 Å². The maximum absolute atomic E-state index is 16.0. The van der Waals surface area contributed by atoms with Gasteiger partial charge in [0.05, 0.1) is 35.0 Å². The van der Waals surface area contributed by atoms with Crippen molar-refractivity contribution < 1.29 is 27.5 Å². The fraction of sp³-hybridized carbons (Fsp3) is 0.267. The molecule has 0 aliphatic heterocycles. The topological polar surface area (TPSA) is 88.2 Å². The van der Waals surface area contributed by atoms with E-state index in [1.807, 2.05) is 6.07 Å². The van der Waals surface area contributed by atoms with Crippen LogP contribution in [0.25, 0.3) is 22.4 Å². The average Bonchev–Trinajstić information content (AvgIpc) is 3.32. The Morgan fingerprint density at radius 1 is 1.02 bits per heavy atom. The summed E-state index contributed by atoms with van der Waals surface area (Å²) in [5.41, 5.74) is -1.31. The zero-order chi connectivity index (χ0) is 29.5. The van der Waals surface area contributed by atoms with Crippen LogP contribution in [-0.2, 0) is 15.2 Å². The van der Waals surface area contributed by atoms with Crippen LogP contribution in [0.15, 0.2) is 48.5 Å². The van der Waals surface area contributed by atoms with Crippen LogP contribution in [-0.4, -0.2) is 28.5 Å². The number of hydrogen-bond acceptors (Lipinski definition) is 5. The van der Waals surface area contributed by atoms with E-state index in [0.29, 0.717) is 36.3 Å². The Morgan fingerprint density at radius 2 is 1.68 bits per heavy atom. The highest BCUT2D eigenvalue weighted by atomic mass is 35.5. The van der Waals surface area contributed by atoms with Gasteiger partial charge >= 0.3 is 5.97 Å². The molecule has 1 aromatic heterocycles. The number of aromatic nitrogens is 2. The van der Waals surface area contributed by atoms with E-state index in [-0.39, 0.29) is 33.7 Å². The van der Waals surface area contributed by atoms with Crippen molar-refractivity contribution in [3.8, 4) is 17.5 Å². The van der Waals surface area contributed by atoms with E-state index in [2.05, 4.69) is 4.98 Å². The summed E-state index contributed by atoms with van der Waals surface area (Å²) < 4.78 is 51.4. The van der Waals surface area contributed by atoms with E-state index in [1.54, 1.807) is 28.8 Å². The molecule has 0 unspecified atom stereocenters. The first kappa shape index (κ1) is 28.2. The van der Waals surface area contributed by atoms with Crippen LogP contribution in [0.2, 0.25) is 5.02 Å². The van der Waals surface area contributed by atoms with E-state index in [9.17, 15) is 23.6 Å². The molecule has 1 saturated carbocycles. The number of rotatable bonds is 5. The number of fused-ring (bicyclic) bond motifs is 1. The van der Waals surface area contributed by atoms with Gasteiger partial charge in [-0.05, 0) is 62.1 Å². The lowest BCUT2D eigenvalue weighted by Crippen LogP contribution is -2.55. The number of hydrogen-bond donors (Lipinski definition) is 0. The molecule has 41 heavy (non-hydrogen) atoms. The van der Waals surface area contributed by atoms with Crippen molar-refractivity contribution in [3.05, 3.63) is 82.1 Å². The zero-order valence-electron chi connectivity index (χ0n) is 22.2. The molecule has 0 atom stereocenters. The van der Waals surface area contributed by atoms with E-state index in [0.717, 1.165) is 37.8 Å². The lowest BCUT2D eigenvalue weighted by molar-refractivity contribution is -0.119. The monoisotopic (exact) mass is 580 g/mol. The molecular formula is C30H24ClF3N4O3. The minimum Gasteiger partial charge on any atom is -0.465 e. The highest BCUT2D eigenvalue weighted by Gasteiger charge is 2.46. The maximum Gasteiger partial charge on any atom is 0.337 e. The molecule has 11 heteroatoms. The van der Waals surface area contributed by atoms with Gasteiger partial charge in [-0.2, -0.15) is 5.26 Å². The quantitative estimate of drug-likeness (QED) is 0.235. The molecule has 0 N–H and O–H groups in total. The lowest BCUT2D eigenvalue weighted by Gasteiger charge is -2.48. The number of nitrogens with zero attached hydrogens (tertiary/aromatic N) is 4. The van der Waals surface area contributed by atoms with Crippen molar-refractivity contribution in [2.24, 2.45) is 0 Å². The van der Waals surface area contributed by atoms with E-state index in [4.69, 9.17) is 16.3 Å². The Kier molecular flexibility index (Phi) is 7.49. The number of benzene rings is 3. The van der Waals surface area contributed by atoms with E-state index < -0.39 is 35.0 Å². The predicted molar refractivity (Wildman–Crippen MR) is 147 cm³/mol.